The van der Waals surface area contributed by atoms with Gasteiger partial charge in [0.05, 0.1) is 0 Å². The standard InChI is InChI=1S/C20H30S3/c1-3-5-6-7-8-9-10-11-16-22-20(21)23-17-19-14-12-18(4-2)13-15-19/h4,12-15H,2-3,5-11,16-17H2,1H3. The van der Waals surface area contributed by atoms with Crippen LogP contribution in [0.15, 0.2) is 30.8 Å². The van der Waals surface area contributed by atoms with E-state index in [0.717, 1.165) is 9.28 Å². The van der Waals surface area contributed by atoms with E-state index in [2.05, 4.69) is 37.8 Å². The summed E-state index contributed by atoms with van der Waals surface area (Å²) in [5.41, 5.74) is 2.50. The van der Waals surface area contributed by atoms with Crippen LogP contribution in [-0.2, 0) is 5.75 Å². The van der Waals surface area contributed by atoms with E-state index in [-0.39, 0.29) is 0 Å². The van der Waals surface area contributed by atoms with Gasteiger partial charge in [-0.1, -0.05) is 101 Å². The van der Waals surface area contributed by atoms with Crippen molar-refractivity contribution in [1.29, 1.82) is 0 Å². The Morgan fingerprint density at radius 3 is 2.17 bits per heavy atom. The van der Waals surface area contributed by atoms with E-state index in [0.29, 0.717) is 0 Å². The van der Waals surface area contributed by atoms with E-state index in [1.165, 1.54) is 68.2 Å². The average molecular weight is 367 g/mol. The minimum Gasteiger partial charge on any atom is -0.108 e. The summed E-state index contributed by atoms with van der Waals surface area (Å²) in [7, 11) is 0. The van der Waals surface area contributed by atoms with E-state index in [1.54, 1.807) is 11.8 Å². The minimum absolute atomic E-state index is 0.973. The van der Waals surface area contributed by atoms with Gasteiger partial charge in [-0.25, -0.2) is 0 Å². The molecule has 128 valence electrons. The highest BCUT2D eigenvalue weighted by Gasteiger charge is 2.01. The number of thiocarbonyl (C=S) groups is 1. The Hall–Kier alpha value is -0.250. The molecular weight excluding hydrogens is 336 g/mol. The van der Waals surface area contributed by atoms with Gasteiger partial charge < -0.3 is 0 Å². The predicted octanol–water partition coefficient (Wildman–Crippen LogP) is 7.72. The summed E-state index contributed by atoms with van der Waals surface area (Å²) in [6.07, 6.45) is 12.9. The molecule has 0 heterocycles. The van der Waals surface area contributed by atoms with Gasteiger partial charge >= 0.3 is 0 Å². The Morgan fingerprint density at radius 1 is 0.957 bits per heavy atom. The van der Waals surface area contributed by atoms with Crippen molar-refractivity contribution in [2.24, 2.45) is 0 Å². The lowest BCUT2D eigenvalue weighted by atomic mass is 10.1. The second-order valence-electron chi connectivity index (χ2n) is 5.81. The third kappa shape index (κ3) is 11.0. The van der Waals surface area contributed by atoms with E-state index in [9.17, 15) is 0 Å². The molecule has 0 N–H and O–H groups in total. The van der Waals surface area contributed by atoms with Crippen LogP contribution in [0.25, 0.3) is 6.08 Å². The van der Waals surface area contributed by atoms with Crippen LogP contribution in [0.5, 0.6) is 0 Å². The van der Waals surface area contributed by atoms with E-state index in [1.807, 2.05) is 17.8 Å². The van der Waals surface area contributed by atoms with Crippen molar-refractivity contribution in [2.75, 3.05) is 5.75 Å². The van der Waals surface area contributed by atoms with Crippen LogP contribution in [-0.4, -0.2) is 9.28 Å². The maximum atomic E-state index is 5.46. The minimum atomic E-state index is 0.973. The summed E-state index contributed by atoms with van der Waals surface area (Å²) in [6.45, 7) is 6.05. The van der Waals surface area contributed by atoms with Crippen LogP contribution in [0, 0.1) is 0 Å². The van der Waals surface area contributed by atoms with Gasteiger partial charge in [-0.3, -0.25) is 0 Å². The molecular formula is C20H30S3. The fraction of sp³-hybridized carbons (Fsp3) is 0.550. The SMILES string of the molecule is C=Cc1ccc(CSC(=S)SCCCCCCCCCC)cc1. The van der Waals surface area contributed by atoms with Crippen LogP contribution >= 0.6 is 35.7 Å². The number of thioether (sulfide) groups is 2. The van der Waals surface area contributed by atoms with E-state index >= 15 is 0 Å². The van der Waals surface area contributed by atoms with Gasteiger partial charge in [-0.2, -0.15) is 0 Å². The maximum absolute atomic E-state index is 5.46. The number of benzene rings is 1. The fourth-order valence-corrected chi connectivity index (χ4v) is 4.50. The summed E-state index contributed by atoms with van der Waals surface area (Å²) in [6, 6.07) is 8.55. The monoisotopic (exact) mass is 366 g/mol. The Morgan fingerprint density at radius 2 is 1.57 bits per heavy atom. The third-order valence-corrected chi connectivity index (χ3v) is 6.65. The van der Waals surface area contributed by atoms with Crippen molar-refractivity contribution in [2.45, 2.75) is 64.0 Å². The maximum Gasteiger partial charge on any atom is 0.104 e. The molecule has 0 aliphatic heterocycles. The lowest BCUT2D eigenvalue weighted by molar-refractivity contribution is 0.586. The molecule has 3 heteroatoms. The molecule has 1 aromatic rings. The lowest BCUT2D eigenvalue weighted by Gasteiger charge is -2.05. The summed E-state index contributed by atoms with van der Waals surface area (Å²) in [5.74, 6) is 2.15. The Balaban J connectivity index is 1.98. The number of rotatable bonds is 12. The molecule has 0 aromatic heterocycles. The molecule has 0 unspecified atom stereocenters. The molecule has 23 heavy (non-hydrogen) atoms. The van der Waals surface area contributed by atoms with Gasteiger partial charge in [0.2, 0.25) is 0 Å². The third-order valence-electron chi connectivity index (χ3n) is 3.79. The highest BCUT2D eigenvalue weighted by Crippen LogP contribution is 2.23. The van der Waals surface area contributed by atoms with Crippen molar-refractivity contribution in [3.8, 4) is 0 Å². The normalized spacial score (nSPS) is 10.7. The number of unbranched alkanes of at least 4 members (excludes halogenated alkanes) is 7. The zero-order chi connectivity index (χ0) is 16.8. The first-order chi connectivity index (χ1) is 11.3. The smallest absolute Gasteiger partial charge is 0.104 e. The highest BCUT2D eigenvalue weighted by molar-refractivity contribution is 8.46. The molecule has 0 spiro atoms. The zero-order valence-electron chi connectivity index (χ0n) is 14.4. The van der Waals surface area contributed by atoms with Crippen molar-refractivity contribution in [3.63, 3.8) is 0 Å². The van der Waals surface area contributed by atoms with Gasteiger partial charge in [0.15, 0.2) is 0 Å². The Kier molecular flexibility index (Phi) is 12.8. The molecule has 0 fully saturated rings. The molecule has 0 nitrogen and oxygen atoms in total. The van der Waals surface area contributed by atoms with Gasteiger partial charge in [0.25, 0.3) is 0 Å². The van der Waals surface area contributed by atoms with Crippen LogP contribution in [0.4, 0.5) is 0 Å². The fourth-order valence-electron chi connectivity index (χ4n) is 2.33. The molecule has 0 saturated carbocycles. The van der Waals surface area contributed by atoms with Crippen molar-refractivity contribution >= 4 is 45.3 Å². The number of hydrogen-bond acceptors (Lipinski definition) is 3. The Labute approximate surface area is 156 Å². The zero-order valence-corrected chi connectivity index (χ0v) is 16.8. The Bertz CT molecular complexity index is 437. The quantitative estimate of drug-likeness (QED) is 0.274. The van der Waals surface area contributed by atoms with Gasteiger partial charge in [-0.15, -0.1) is 23.5 Å². The van der Waals surface area contributed by atoms with Crippen LogP contribution < -0.4 is 0 Å². The first-order valence-corrected chi connectivity index (χ1v) is 11.1. The number of hydrogen-bond donors (Lipinski definition) is 0. The molecule has 0 aliphatic carbocycles. The largest absolute Gasteiger partial charge is 0.108 e. The van der Waals surface area contributed by atoms with Gasteiger partial charge in [0.1, 0.15) is 3.53 Å². The molecule has 1 rings (SSSR count). The van der Waals surface area contributed by atoms with E-state index in [4.69, 9.17) is 12.2 Å². The first kappa shape index (κ1) is 20.8. The summed E-state index contributed by atoms with van der Waals surface area (Å²) in [5, 5.41) is 0. The molecule has 0 atom stereocenters. The molecule has 0 radical (unpaired) electrons. The van der Waals surface area contributed by atoms with Crippen molar-refractivity contribution in [3.05, 3.63) is 42.0 Å². The highest BCUT2D eigenvalue weighted by atomic mass is 32.2. The van der Waals surface area contributed by atoms with Crippen LogP contribution in [0.2, 0.25) is 0 Å². The summed E-state index contributed by atoms with van der Waals surface area (Å²) >= 11 is 9.10. The van der Waals surface area contributed by atoms with Gasteiger partial charge in [0, 0.05) is 5.75 Å². The van der Waals surface area contributed by atoms with Crippen LogP contribution in [0.3, 0.4) is 0 Å². The lowest BCUT2D eigenvalue weighted by Crippen LogP contribution is -1.89. The second kappa shape index (κ2) is 14.1. The summed E-state index contributed by atoms with van der Waals surface area (Å²) < 4.78 is 1.08. The average Bonchev–Trinajstić information content (AvgIpc) is 2.59. The summed E-state index contributed by atoms with van der Waals surface area (Å²) in [4.78, 5) is 0. The predicted molar refractivity (Wildman–Crippen MR) is 115 cm³/mol. The second-order valence-corrected chi connectivity index (χ2v) is 9.08. The molecule has 0 saturated heterocycles. The van der Waals surface area contributed by atoms with Crippen molar-refractivity contribution in [1.82, 2.24) is 0 Å². The topological polar surface area (TPSA) is 0 Å². The molecule has 0 aliphatic rings. The molecule has 0 bridgehead atoms. The first-order valence-electron chi connectivity index (χ1n) is 8.77. The van der Waals surface area contributed by atoms with Crippen molar-refractivity contribution < 1.29 is 0 Å². The molecule has 0 amide bonds. The van der Waals surface area contributed by atoms with Gasteiger partial charge in [-0.05, 0) is 23.3 Å². The van der Waals surface area contributed by atoms with Crippen LogP contribution in [0.1, 0.15) is 69.4 Å². The molecule has 1 aromatic carbocycles. The van der Waals surface area contributed by atoms with E-state index < -0.39 is 0 Å².